The molecule has 144 valence electrons. The lowest BCUT2D eigenvalue weighted by Gasteiger charge is -2.36. The summed E-state index contributed by atoms with van der Waals surface area (Å²) in [5.74, 6) is -0.133. The quantitative estimate of drug-likeness (QED) is 0.675. The van der Waals surface area contributed by atoms with Gasteiger partial charge in [0.15, 0.2) is 5.13 Å². The minimum atomic E-state index is -0.133. The Bertz CT molecular complexity index is 950. The number of hydrogen-bond acceptors (Lipinski definition) is 5. The summed E-state index contributed by atoms with van der Waals surface area (Å²) in [7, 11) is 0. The van der Waals surface area contributed by atoms with Crippen LogP contribution in [0.15, 0.2) is 54.6 Å². The zero-order valence-corrected chi connectivity index (χ0v) is 17.1. The van der Waals surface area contributed by atoms with Crippen LogP contribution in [0.3, 0.4) is 0 Å². The molecule has 1 N–H and O–H groups in total. The number of piperazine rings is 1. The smallest absolute Gasteiger partial charge is 0.267 e. The summed E-state index contributed by atoms with van der Waals surface area (Å²) >= 11 is 7.35. The van der Waals surface area contributed by atoms with E-state index < -0.39 is 0 Å². The van der Waals surface area contributed by atoms with Gasteiger partial charge in [0.2, 0.25) is 0 Å². The summed E-state index contributed by atoms with van der Waals surface area (Å²) in [6.07, 6.45) is 0. The lowest BCUT2D eigenvalue weighted by atomic mass is 10.2. The van der Waals surface area contributed by atoms with E-state index >= 15 is 0 Å². The average molecular weight is 413 g/mol. The van der Waals surface area contributed by atoms with Gasteiger partial charge in [0.1, 0.15) is 4.88 Å². The second-order valence-electron chi connectivity index (χ2n) is 6.68. The molecule has 0 bridgehead atoms. The molecule has 0 spiro atoms. The Kier molecular flexibility index (Phi) is 5.50. The molecule has 0 radical (unpaired) electrons. The number of rotatable bonds is 4. The normalized spacial score (nSPS) is 14.2. The highest BCUT2D eigenvalue weighted by molar-refractivity contribution is 7.17. The standard InChI is InChI=1S/C21H21ClN4OS/c1-15-19(20(27)24-17-9-7-16(22)8-10-17)28-21(23-15)26-13-11-25(12-14-26)18-5-3-2-4-6-18/h2-10H,11-14H2,1H3,(H,24,27). The molecule has 2 heterocycles. The van der Waals surface area contributed by atoms with Crippen LogP contribution in [0.1, 0.15) is 15.4 Å². The molecular formula is C21H21ClN4OS. The summed E-state index contributed by atoms with van der Waals surface area (Å²) in [4.78, 5) is 22.6. The minimum absolute atomic E-state index is 0.133. The Morgan fingerprint density at radius 2 is 1.64 bits per heavy atom. The number of thiazole rings is 1. The van der Waals surface area contributed by atoms with Crippen LogP contribution in [0.5, 0.6) is 0 Å². The van der Waals surface area contributed by atoms with E-state index in [1.165, 1.54) is 17.0 Å². The van der Waals surface area contributed by atoms with Crippen LogP contribution in [-0.2, 0) is 0 Å². The molecule has 2 aromatic carbocycles. The number of hydrogen-bond donors (Lipinski definition) is 1. The number of aromatic nitrogens is 1. The first-order chi connectivity index (χ1) is 13.6. The molecule has 1 amide bonds. The Morgan fingerprint density at radius 1 is 1.00 bits per heavy atom. The van der Waals surface area contributed by atoms with Gasteiger partial charge >= 0.3 is 0 Å². The Labute approximate surface area is 173 Å². The van der Waals surface area contributed by atoms with Crippen LogP contribution in [0.4, 0.5) is 16.5 Å². The monoisotopic (exact) mass is 412 g/mol. The zero-order chi connectivity index (χ0) is 19.5. The maximum Gasteiger partial charge on any atom is 0.267 e. The van der Waals surface area contributed by atoms with Crippen molar-refractivity contribution < 1.29 is 4.79 Å². The topological polar surface area (TPSA) is 48.5 Å². The number of para-hydroxylation sites is 1. The number of carbonyl (C=O) groups is 1. The second kappa shape index (κ2) is 8.20. The van der Waals surface area contributed by atoms with Gasteiger partial charge in [-0.15, -0.1) is 0 Å². The fourth-order valence-corrected chi connectivity index (χ4v) is 4.38. The molecule has 0 atom stereocenters. The highest BCUT2D eigenvalue weighted by Crippen LogP contribution is 2.28. The SMILES string of the molecule is Cc1nc(N2CCN(c3ccccc3)CC2)sc1C(=O)Nc1ccc(Cl)cc1. The maximum absolute atomic E-state index is 12.7. The molecule has 0 saturated carbocycles. The van der Waals surface area contributed by atoms with Gasteiger partial charge in [0, 0.05) is 42.6 Å². The molecule has 1 aromatic heterocycles. The molecule has 0 aliphatic carbocycles. The molecule has 1 aliphatic rings. The van der Waals surface area contributed by atoms with Crippen molar-refractivity contribution in [3.8, 4) is 0 Å². The van der Waals surface area contributed by atoms with Crippen LogP contribution in [-0.4, -0.2) is 37.1 Å². The molecule has 7 heteroatoms. The average Bonchev–Trinajstić information content (AvgIpc) is 3.12. The summed E-state index contributed by atoms with van der Waals surface area (Å²) in [6.45, 7) is 5.54. The van der Waals surface area contributed by atoms with E-state index in [-0.39, 0.29) is 5.91 Å². The molecule has 1 aliphatic heterocycles. The number of halogens is 1. The van der Waals surface area contributed by atoms with Crippen LogP contribution >= 0.6 is 22.9 Å². The number of anilines is 3. The fourth-order valence-electron chi connectivity index (χ4n) is 3.24. The highest BCUT2D eigenvalue weighted by Gasteiger charge is 2.23. The van der Waals surface area contributed by atoms with Crippen molar-refractivity contribution in [1.82, 2.24) is 4.98 Å². The Hall–Kier alpha value is -2.57. The lowest BCUT2D eigenvalue weighted by Crippen LogP contribution is -2.46. The number of aryl methyl sites for hydroxylation is 1. The van der Waals surface area contributed by atoms with Gasteiger partial charge in [-0.2, -0.15) is 0 Å². The summed E-state index contributed by atoms with van der Waals surface area (Å²) in [6, 6.07) is 17.6. The van der Waals surface area contributed by atoms with Crippen molar-refractivity contribution in [2.24, 2.45) is 0 Å². The van der Waals surface area contributed by atoms with E-state index in [0.29, 0.717) is 9.90 Å². The van der Waals surface area contributed by atoms with Crippen LogP contribution < -0.4 is 15.1 Å². The predicted octanol–water partition coefficient (Wildman–Crippen LogP) is 4.68. The lowest BCUT2D eigenvalue weighted by molar-refractivity contribution is 0.103. The number of amides is 1. The Morgan fingerprint density at radius 3 is 2.32 bits per heavy atom. The van der Waals surface area contributed by atoms with E-state index in [1.54, 1.807) is 24.3 Å². The van der Waals surface area contributed by atoms with E-state index in [0.717, 1.165) is 42.7 Å². The first kappa shape index (κ1) is 18.8. The summed E-state index contributed by atoms with van der Waals surface area (Å²) in [5.41, 5.74) is 2.73. The van der Waals surface area contributed by atoms with E-state index in [9.17, 15) is 4.79 Å². The van der Waals surface area contributed by atoms with Crippen LogP contribution in [0.2, 0.25) is 5.02 Å². The van der Waals surface area contributed by atoms with Crippen molar-refractivity contribution >= 4 is 45.4 Å². The van der Waals surface area contributed by atoms with Crippen molar-refractivity contribution in [1.29, 1.82) is 0 Å². The molecule has 3 aromatic rings. The maximum atomic E-state index is 12.7. The van der Waals surface area contributed by atoms with Gasteiger partial charge in [0.25, 0.3) is 5.91 Å². The van der Waals surface area contributed by atoms with Crippen LogP contribution in [0, 0.1) is 6.92 Å². The van der Waals surface area contributed by atoms with Gasteiger partial charge in [-0.05, 0) is 43.3 Å². The van der Waals surface area contributed by atoms with Crippen molar-refractivity contribution in [2.45, 2.75) is 6.92 Å². The molecule has 28 heavy (non-hydrogen) atoms. The summed E-state index contributed by atoms with van der Waals surface area (Å²) in [5, 5.41) is 4.47. The minimum Gasteiger partial charge on any atom is -0.368 e. The van der Waals surface area contributed by atoms with Crippen LogP contribution in [0.25, 0.3) is 0 Å². The van der Waals surface area contributed by atoms with Crippen molar-refractivity contribution in [2.75, 3.05) is 41.3 Å². The second-order valence-corrected chi connectivity index (χ2v) is 8.10. The van der Waals surface area contributed by atoms with Gasteiger partial charge in [-0.25, -0.2) is 4.98 Å². The third-order valence-electron chi connectivity index (χ3n) is 4.77. The predicted molar refractivity (Wildman–Crippen MR) is 117 cm³/mol. The highest BCUT2D eigenvalue weighted by atomic mass is 35.5. The van der Waals surface area contributed by atoms with Crippen molar-refractivity contribution in [3.63, 3.8) is 0 Å². The third-order valence-corrected chi connectivity index (χ3v) is 6.23. The molecule has 4 rings (SSSR count). The molecule has 0 unspecified atom stereocenters. The molecule has 5 nitrogen and oxygen atoms in total. The number of carbonyl (C=O) groups excluding carboxylic acids is 1. The van der Waals surface area contributed by atoms with Gasteiger partial charge in [-0.3, -0.25) is 4.79 Å². The zero-order valence-electron chi connectivity index (χ0n) is 15.6. The summed E-state index contributed by atoms with van der Waals surface area (Å²) < 4.78 is 0. The van der Waals surface area contributed by atoms with Gasteiger partial charge in [-0.1, -0.05) is 41.1 Å². The first-order valence-electron chi connectivity index (χ1n) is 9.19. The molecule has 1 saturated heterocycles. The van der Waals surface area contributed by atoms with Crippen molar-refractivity contribution in [3.05, 3.63) is 70.2 Å². The first-order valence-corrected chi connectivity index (χ1v) is 10.4. The fraction of sp³-hybridized carbons (Fsp3) is 0.238. The van der Waals surface area contributed by atoms with E-state index in [2.05, 4.69) is 44.4 Å². The number of benzene rings is 2. The molecular weight excluding hydrogens is 392 g/mol. The number of nitrogens with one attached hydrogen (secondary N) is 1. The third kappa shape index (κ3) is 4.13. The van der Waals surface area contributed by atoms with E-state index in [1.807, 2.05) is 13.0 Å². The molecule has 1 fully saturated rings. The van der Waals surface area contributed by atoms with Gasteiger partial charge < -0.3 is 15.1 Å². The Balaban J connectivity index is 1.42. The largest absolute Gasteiger partial charge is 0.368 e. The van der Waals surface area contributed by atoms with Gasteiger partial charge in [0.05, 0.1) is 5.69 Å². The van der Waals surface area contributed by atoms with E-state index in [4.69, 9.17) is 11.6 Å². The number of nitrogens with zero attached hydrogens (tertiary/aromatic N) is 3.